The molecule has 0 saturated carbocycles. The number of aromatic hydroxyl groups is 1. The van der Waals surface area contributed by atoms with E-state index in [1.165, 1.54) is 25.3 Å². The molecule has 3 aromatic carbocycles. The molecular formula is C20H18N4NaO5S. The second-order valence-corrected chi connectivity index (χ2v) is 7.62. The second kappa shape index (κ2) is 10.6. The zero-order valence-electron chi connectivity index (χ0n) is 17.1. The van der Waals surface area contributed by atoms with Crippen molar-refractivity contribution in [3.05, 3.63) is 66.2 Å². The average Bonchev–Trinajstić information content (AvgIpc) is 2.73. The van der Waals surface area contributed by atoms with Gasteiger partial charge >= 0.3 is 0 Å². The Bertz CT molecular complexity index is 1250. The first-order valence-corrected chi connectivity index (χ1v) is 10.1. The maximum absolute atomic E-state index is 11.2. The number of nitrogens with zero attached hydrogens (tertiary/aromatic N) is 4. The van der Waals surface area contributed by atoms with E-state index in [1.54, 1.807) is 49.4 Å². The van der Waals surface area contributed by atoms with E-state index in [0.29, 0.717) is 28.4 Å². The van der Waals surface area contributed by atoms with Crippen LogP contribution in [0.2, 0.25) is 0 Å². The first kappa shape index (κ1) is 24.6. The zero-order chi connectivity index (χ0) is 21.7. The number of rotatable bonds is 6. The Morgan fingerprint density at radius 1 is 0.839 bits per heavy atom. The van der Waals surface area contributed by atoms with Crippen LogP contribution >= 0.6 is 0 Å². The molecule has 0 aliphatic heterocycles. The number of hydrogen-bond donors (Lipinski definition) is 2. The number of aryl methyl sites for hydroxylation is 1. The maximum atomic E-state index is 11.2. The molecule has 0 heterocycles. The summed E-state index contributed by atoms with van der Waals surface area (Å²) in [6.45, 7) is 1.76. The van der Waals surface area contributed by atoms with Crippen molar-refractivity contribution >= 4 is 62.4 Å². The molecule has 3 rings (SSSR count). The van der Waals surface area contributed by atoms with E-state index < -0.39 is 10.1 Å². The molecule has 9 nitrogen and oxygen atoms in total. The standard InChI is InChI=1S/C20H18N4O5S.Na/c1-13-10-15(7-9-19(13)25)23-24-18-8-6-16(12-20(18)29-2)22-21-14-4-3-5-17(11-14)30(26,27)28;/h3-12,25H,1-2H3,(H,26,27,28);. The molecule has 0 aliphatic carbocycles. The monoisotopic (exact) mass is 449 g/mol. The fourth-order valence-corrected chi connectivity index (χ4v) is 2.97. The van der Waals surface area contributed by atoms with Crippen molar-refractivity contribution in [3.8, 4) is 11.5 Å². The van der Waals surface area contributed by atoms with E-state index >= 15 is 0 Å². The fourth-order valence-electron chi connectivity index (χ4n) is 2.45. The summed E-state index contributed by atoms with van der Waals surface area (Å²) >= 11 is 0. The van der Waals surface area contributed by atoms with Crippen LogP contribution in [0.5, 0.6) is 11.5 Å². The summed E-state index contributed by atoms with van der Waals surface area (Å²) < 4.78 is 36.9. The van der Waals surface area contributed by atoms with Gasteiger partial charge in [0.15, 0.2) is 0 Å². The van der Waals surface area contributed by atoms with Crippen molar-refractivity contribution in [2.24, 2.45) is 20.5 Å². The Labute approximate surface area is 201 Å². The van der Waals surface area contributed by atoms with E-state index in [0.717, 1.165) is 0 Å². The van der Waals surface area contributed by atoms with Crippen LogP contribution in [0.25, 0.3) is 0 Å². The largest absolute Gasteiger partial charge is 0.508 e. The number of phenols is 1. The summed E-state index contributed by atoms with van der Waals surface area (Å²) in [6.07, 6.45) is 0. The van der Waals surface area contributed by atoms with Gasteiger partial charge in [0.2, 0.25) is 0 Å². The van der Waals surface area contributed by atoms with Crippen LogP contribution in [0.15, 0.2) is 86.0 Å². The average molecular weight is 449 g/mol. The molecule has 0 unspecified atom stereocenters. The normalized spacial score (nSPS) is 11.6. The third kappa shape index (κ3) is 6.68. The van der Waals surface area contributed by atoms with Crippen LogP contribution in [0, 0.1) is 6.92 Å². The molecule has 2 N–H and O–H groups in total. The van der Waals surface area contributed by atoms with Crippen LogP contribution in [-0.4, -0.2) is 54.7 Å². The quantitative estimate of drug-likeness (QED) is 0.295. The molecule has 11 heteroatoms. The SMILES string of the molecule is COc1cc(N=Nc2cccc(S(=O)(=O)O)c2)ccc1N=Nc1ccc(O)c(C)c1.[Na]. The van der Waals surface area contributed by atoms with Gasteiger partial charge in [-0.3, -0.25) is 4.55 Å². The number of benzene rings is 3. The third-order valence-corrected chi connectivity index (χ3v) is 4.86. The van der Waals surface area contributed by atoms with Gasteiger partial charge in [-0.2, -0.15) is 23.8 Å². The van der Waals surface area contributed by atoms with Crippen LogP contribution < -0.4 is 4.74 Å². The fraction of sp³-hybridized carbons (Fsp3) is 0.100. The topological polar surface area (TPSA) is 133 Å². The summed E-state index contributed by atoms with van der Waals surface area (Å²) in [5.41, 5.74) is 2.44. The van der Waals surface area contributed by atoms with E-state index in [9.17, 15) is 13.5 Å². The van der Waals surface area contributed by atoms with Crippen molar-refractivity contribution in [1.82, 2.24) is 0 Å². The predicted octanol–water partition coefficient (Wildman–Crippen LogP) is 5.41. The number of hydrogen-bond acceptors (Lipinski definition) is 8. The van der Waals surface area contributed by atoms with Crippen LogP contribution in [0.3, 0.4) is 0 Å². The maximum Gasteiger partial charge on any atom is 0.294 e. The third-order valence-electron chi connectivity index (χ3n) is 4.01. The second-order valence-electron chi connectivity index (χ2n) is 6.20. The molecular weight excluding hydrogens is 431 g/mol. The molecule has 0 bridgehead atoms. The van der Waals surface area contributed by atoms with Gasteiger partial charge in [-0.05, 0) is 61.0 Å². The molecule has 0 amide bonds. The van der Waals surface area contributed by atoms with Gasteiger partial charge < -0.3 is 9.84 Å². The summed E-state index contributed by atoms with van der Waals surface area (Å²) in [5, 5.41) is 25.9. The smallest absolute Gasteiger partial charge is 0.294 e. The van der Waals surface area contributed by atoms with Gasteiger partial charge in [-0.1, -0.05) is 6.07 Å². The Morgan fingerprint density at radius 2 is 1.45 bits per heavy atom. The first-order chi connectivity index (χ1) is 14.3. The molecule has 0 fully saturated rings. The van der Waals surface area contributed by atoms with Gasteiger partial charge in [-0.25, -0.2) is 0 Å². The Balaban J connectivity index is 0.00000341. The Kier molecular flexibility index (Phi) is 8.43. The molecule has 3 aromatic rings. The van der Waals surface area contributed by atoms with Gasteiger partial charge in [0.25, 0.3) is 10.1 Å². The summed E-state index contributed by atoms with van der Waals surface area (Å²) in [4.78, 5) is -0.267. The van der Waals surface area contributed by atoms with Gasteiger partial charge in [-0.15, -0.1) is 5.11 Å². The molecule has 0 aliphatic rings. The summed E-state index contributed by atoms with van der Waals surface area (Å²) in [6, 6.07) is 15.3. The number of methoxy groups -OCH3 is 1. The van der Waals surface area contributed by atoms with Gasteiger partial charge in [0, 0.05) is 35.6 Å². The van der Waals surface area contributed by atoms with Crippen molar-refractivity contribution in [1.29, 1.82) is 0 Å². The number of azo groups is 2. The minimum atomic E-state index is -4.32. The van der Waals surface area contributed by atoms with E-state index in [1.807, 2.05) is 0 Å². The van der Waals surface area contributed by atoms with E-state index in [4.69, 9.17) is 9.29 Å². The molecule has 1 radical (unpaired) electrons. The van der Waals surface area contributed by atoms with Crippen LogP contribution in [0.4, 0.5) is 22.7 Å². The van der Waals surface area contributed by atoms with Gasteiger partial charge in [0.05, 0.1) is 29.1 Å². The van der Waals surface area contributed by atoms with E-state index in [2.05, 4.69) is 20.5 Å². The van der Waals surface area contributed by atoms with Gasteiger partial charge in [0.1, 0.15) is 17.2 Å². The van der Waals surface area contributed by atoms with Crippen molar-refractivity contribution < 1.29 is 22.8 Å². The van der Waals surface area contributed by atoms with Crippen molar-refractivity contribution in [2.75, 3.05) is 7.11 Å². The van der Waals surface area contributed by atoms with Crippen molar-refractivity contribution in [2.45, 2.75) is 11.8 Å². The molecule has 155 valence electrons. The minimum absolute atomic E-state index is 0. The Hall–Kier alpha value is -2.63. The summed E-state index contributed by atoms with van der Waals surface area (Å²) in [5.74, 6) is 0.598. The molecule has 0 saturated heterocycles. The molecule has 0 spiro atoms. The Morgan fingerprint density at radius 3 is 2.10 bits per heavy atom. The minimum Gasteiger partial charge on any atom is -0.508 e. The van der Waals surface area contributed by atoms with E-state index in [-0.39, 0.29) is 45.9 Å². The van der Waals surface area contributed by atoms with Crippen LogP contribution in [-0.2, 0) is 10.1 Å². The molecule has 31 heavy (non-hydrogen) atoms. The first-order valence-electron chi connectivity index (χ1n) is 8.65. The summed E-state index contributed by atoms with van der Waals surface area (Å²) in [7, 11) is -2.84. The molecule has 0 atom stereocenters. The van der Waals surface area contributed by atoms with Crippen molar-refractivity contribution in [3.63, 3.8) is 0 Å². The number of ether oxygens (including phenoxy) is 1. The number of phenolic OH excluding ortho intramolecular Hbond substituents is 1. The van der Waals surface area contributed by atoms with Crippen LogP contribution in [0.1, 0.15) is 5.56 Å². The predicted molar refractivity (Wildman–Crippen MR) is 116 cm³/mol. The molecule has 0 aromatic heterocycles. The zero-order valence-corrected chi connectivity index (χ0v) is 19.9.